The van der Waals surface area contributed by atoms with Gasteiger partial charge in [-0.25, -0.2) is 4.79 Å². The molecule has 0 saturated heterocycles. The highest BCUT2D eigenvalue weighted by atomic mass is 35.5. The van der Waals surface area contributed by atoms with Gasteiger partial charge in [-0.3, -0.25) is 4.79 Å². The van der Waals surface area contributed by atoms with E-state index >= 15 is 0 Å². The molecule has 0 bridgehead atoms. The van der Waals surface area contributed by atoms with Crippen LogP contribution in [0.4, 0.5) is 0 Å². The molecule has 4 atom stereocenters. The first-order valence-electron chi connectivity index (χ1n) is 7.65. The minimum Gasteiger partial charge on any atom is -0.448 e. The minimum absolute atomic E-state index is 0.161. The summed E-state index contributed by atoms with van der Waals surface area (Å²) in [5, 5.41) is 3.02. The quantitative estimate of drug-likeness (QED) is 0.844. The van der Waals surface area contributed by atoms with Gasteiger partial charge in [-0.15, -0.1) is 11.3 Å². The molecule has 0 radical (unpaired) electrons. The number of hydrogen-bond acceptors (Lipinski definition) is 4. The number of thiophene rings is 1. The number of hydrogen-bond donors (Lipinski definition) is 1. The largest absolute Gasteiger partial charge is 0.448 e. The molecule has 2 rings (SSSR count). The third-order valence-corrected chi connectivity index (χ3v) is 5.67. The van der Waals surface area contributed by atoms with Gasteiger partial charge in [0.25, 0.3) is 5.91 Å². The van der Waals surface area contributed by atoms with Gasteiger partial charge in [0.15, 0.2) is 6.10 Å². The van der Waals surface area contributed by atoms with Crippen molar-refractivity contribution in [1.29, 1.82) is 0 Å². The van der Waals surface area contributed by atoms with E-state index in [1.165, 1.54) is 6.42 Å². The number of carbonyl (C=O) groups is 2. The lowest BCUT2D eigenvalue weighted by Crippen LogP contribution is -2.47. The van der Waals surface area contributed by atoms with E-state index in [1.807, 2.05) is 0 Å². The number of rotatable bonds is 4. The maximum atomic E-state index is 12.2. The van der Waals surface area contributed by atoms with Crippen molar-refractivity contribution in [3.05, 3.63) is 21.3 Å². The summed E-state index contributed by atoms with van der Waals surface area (Å²) in [6.07, 6.45) is 2.51. The van der Waals surface area contributed by atoms with E-state index in [4.69, 9.17) is 16.3 Å². The lowest BCUT2D eigenvalue weighted by Gasteiger charge is -2.35. The molecule has 1 aliphatic rings. The molecule has 1 aliphatic carbocycles. The summed E-state index contributed by atoms with van der Waals surface area (Å²) in [4.78, 5) is 24.6. The number of halogens is 1. The number of nitrogens with one attached hydrogen (secondary N) is 1. The van der Waals surface area contributed by atoms with Crippen LogP contribution in [0.5, 0.6) is 0 Å². The molecule has 0 unspecified atom stereocenters. The van der Waals surface area contributed by atoms with Gasteiger partial charge in [-0.05, 0) is 37.3 Å². The molecule has 1 aromatic rings. The Labute approximate surface area is 140 Å². The van der Waals surface area contributed by atoms with E-state index in [0.717, 1.165) is 24.2 Å². The highest BCUT2D eigenvalue weighted by Gasteiger charge is 2.30. The van der Waals surface area contributed by atoms with E-state index in [0.29, 0.717) is 21.0 Å². The van der Waals surface area contributed by atoms with Gasteiger partial charge >= 0.3 is 5.97 Å². The summed E-state index contributed by atoms with van der Waals surface area (Å²) in [6.45, 7) is 5.98. The van der Waals surface area contributed by atoms with Gasteiger partial charge in [0.05, 0.1) is 4.34 Å². The summed E-state index contributed by atoms with van der Waals surface area (Å²) in [5.74, 6) is 0.299. The topological polar surface area (TPSA) is 55.4 Å². The fourth-order valence-corrected chi connectivity index (χ4v) is 3.71. The predicted octanol–water partition coefficient (Wildman–Crippen LogP) is 3.89. The molecule has 1 fully saturated rings. The lowest BCUT2D eigenvalue weighted by atomic mass is 9.78. The first kappa shape index (κ1) is 17.3. The summed E-state index contributed by atoms with van der Waals surface area (Å²) < 4.78 is 5.74. The SMILES string of the molecule is C[C@H]1[C@@H](NC(=O)[C@@H](C)OC(=O)c2ccc(Cl)s2)CCC[C@@H]1C. The monoisotopic (exact) mass is 343 g/mol. The van der Waals surface area contributed by atoms with Crippen LogP contribution in [-0.4, -0.2) is 24.0 Å². The van der Waals surface area contributed by atoms with E-state index in [-0.39, 0.29) is 11.9 Å². The van der Waals surface area contributed by atoms with Crippen LogP contribution in [0.15, 0.2) is 12.1 Å². The predicted molar refractivity (Wildman–Crippen MR) is 88.3 cm³/mol. The second-order valence-electron chi connectivity index (χ2n) is 6.03. The summed E-state index contributed by atoms with van der Waals surface area (Å²) in [6, 6.07) is 3.40. The van der Waals surface area contributed by atoms with E-state index in [1.54, 1.807) is 19.1 Å². The molecule has 1 aromatic heterocycles. The fraction of sp³-hybridized carbons (Fsp3) is 0.625. The molecule has 0 aromatic carbocycles. The third-order valence-electron chi connectivity index (χ3n) is 4.46. The first-order valence-corrected chi connectivity index (χ1v) is 8.84. The van der Waals surface area contributed by atoms with Crippen LogP contribution >= 0.6 is 22.9 Å². The van der Waals surface area contributed by atoms with Gasteiger partial charge in [0.2, 0.25) is 0 Å². The summed E-state index contributed by atoms with van der Waals surface area (Å²) >= 11 is 6.94. The number of ether oxygens (including phenoxy) is 1. The molecular weight excluding hydrogens is 322 g/mol. The second-order valence-corrected chi connectivity index (χ2v) is 7.75. The van der Waals surface area contributed by atoms with Gasteiger partial charge in [-0.1, -0.05) is 38.3 Å². The zero-order chi connectivity index (χ0) is 16.3. The number of esters is 1. The average Bonchev–Trinajstić information content (AvgIpc) is 2.90. The molecular formula is C16H22ClNO3S. The van der Waals surface area contributed by atoms with Gasteiger partial charge in [0, 0.05) is 6.04 Å². The van der Waals surface area contributed by atoms with Gasteiger partial charge in [-0.2, -0.15) is 0 Å². The Kier molecular flexibility index (Phi) is 5.87. The normalized spacial score (nSPS) is 26.3. The van der Waals surface area contributed by atoms with Crippen LogP contribution in [0.2, 0.25) is 4.34 Å². The Morgan fingerprint density at radius 2 is 2.09 bits per heavy atom. The molecule has 1 saturated carbocycles. The van der Waals surface area contributed by atoms with Crippen LogP contribution in [0.3, 0.4) is 0 Å². The van der Waals surface area contributed by atoms with E-state index in [9.17, 15) is 9.59 Å². The second kappa shape index (κ2) is 7.47. The maximum absolute atomic E-state index is 12.2. The Morgan fingerprint density at radius 1 is 1.36 bits per heavy atom. The zero-order valence-corrected chi connectivity index (χ0v) is 14.7. The van der Waals surface area contributed by atoms with Crippen LogP contribution in [0, 0.1) is 11.8 Å². The molecule has 1 N–H and O–H groups in total. The van der Waals surface area contributed by atoms with Crippen molar-refractivity contribution in [1.82, 2.24) is 5.32 Å². The van der Waals surface area contributed by atoms with Crippen molar-refractivity contribution in [3.8, 4) is 0 Å². The summed E-state index contributed by atoms with van der Waals surface area (Å²) in [5.41, 5.74) is 0. The van der Waals surface area contributed by atoms with Crippen LogP contribution < -0.4 is 5.32 Å². The number of amides is 1. The molecule has 122 valence electrons. The van der Waals surface area contributed by atoms with E-state index in [2.05, 4.69) is 19.2 Å². The highest BCUT2D eigenvalue weighted by Crippen LogP contribution is 2.29. The average molecular weight is 344 g/mol. The van der Waals surface area contributed by atoms with Crippen molar-refractivity contribution in [3.63, 3.8) is 0 Å². The zero-order valence-electron chi connectivity index (χ0n) is 13.1. The molecule has 22 heavy (non-hydrogen) atoms. The molecule has 4 nitrogen and oxygen atoms in total. The smallest absolute Gasteiger partial charge is 0.349 e. The van der Waals surface area contributed by atoms with Gasteiger partial charge < -0.3 is 10.1 Å². The van der Waals surface area contributed by atoms with Crippen molar-refractivity contribution < 1.29 is 14.3 Å². The Hall–Kier alpha value is -1.07. The van der Waals surface area contributed by atoms with Crippen LogP contribution in [-0.2, 0) is 9.53 Å². The lowest BCUT2D eigenvalue weighted by molar-refractivity contribution is -0.130. The minimum atomic E-state index is -0.808. The van der Waals surface area contributed by atoms with Crippen molar-refractivity contribution in [2.75, 3.05) is 0 Å². The molecule has 1 heterocycles. The van der Waals surface area contributed by atoms with E-state index < -0.39 is 12.1 Å². The fourth-order valence-electron chi connectivity index (χ4n) is 2.78. The Bertz CT molecular complexity index is 545. The maximum Gasteiger partial charge on any atom is 0.349 e. The van der Waals surface area contributed by atoms with Gasteiger partial charge in [0.1, 0.15) is 4.88 Å². The summed E-state index contributed by atoms with van der Waals surface area (Å²) in [7, 11) is 0. The molecule has 0 spiro atoms. The standard InChI is InChI=1S/C16H22ClNO3S/c1-9-5-4-6-12(10(9)2)18-15(19)11(3)21-16(20)13-7-8-14(17)22-13/h7-12H,4-6H2,1-3H3,(H,18,19)/t9-,10+,11+,12-/m0/s1. The highest BCUT2D eigenvalue weighted by molar-refractivity contribution is 7.17. The third kappa shape index (κ3) is 4.23. The van der Waals surface area contributed by atoms with Crippen LogP contribution in [0.1, 0.15) is 49.7 Å². The Balaban J connectivity index is 1.88. The molecule has 6 heteroatoms. The molecule has 0 aliphatic heterocycles. The first-order chi connectivity index (χ1) is 10.4. The van der Waals surface area contributed by atoms with Crippen molar-refractivity contribution >= 4 is 34.8 Å². The molecule has 1 amide bonds. The van der Waals surface area contributed by atoms with Crippen LogP contribution in [0.25, 0.3) is 0 Å². The van der Waals surface area contributed by atoms with Crippen molar-refractivity contribution in [2.45, 2.75) is 52.2 Å². The van der Waals surface area contributed by atoms with Crippen molar-refractivity contribution in [2.24, 2.45) is 11.8 Å². The number of carbonyl (C=O) groups excluding carboxylic acids is 2. The Morgan fingerprint density at radius 3 is 2.73 bits per heavy atom.